The summed E-state index contributed by atoms with van der Waals surface area (Å²) in [6.07, 6.45) is 2.61. The Labute approximate surface area is 107 Å². The Morgan fingerprint density at radius 3 is 2.67 bits per heavy atom. The van der Waals surface area contributed by atoms with Crippen LogP contribution in [-0.4, -0.2) is 0 Å². The maximum Gasteiger partial charge on any atom is 0.125 e. The average Bonchev–Trinajstić information content (AvgIpc) is 3.21. The lowest BCUT2D eigenvalue weighted by atomic mass is 10.0. The Bertz CT molecular complexity index is 546. The molecule has 0 amide bonds. The van der Waals surface area contributed by atoms with Crippen LogP contribution < -0.4 is 5.32 Å². The van der Waals surface area contributed by atoms with Gasteiger partial charge in [0.05, 0.1) is 0 Å². The predicted molar refractivity (Wildman–Crippen MR) is 72.1 cm³/mol. The van der Waals surface area contributed by atoms with Crippen LogP contribution in [0.25, 0.3) is 0 Å². The van der Waals surface area contributed by atoms with Crippen molar-refractivity contribution in [3.05, 3.63) is 65.5 Å². The molecule has 1 nitrogen and oxygen atoms in total. The van der Waals surface area contributed by atoms with Crippen molar-refractivity contribution in [2.75, 3.05) is 5.32 Å². The van der Waals surface area contributed by atoms with E-state index in [-0.39, 0.29) is 5.82 Å². The highest BCUT2D eigenvalue weighted by Crippen LogP contribution is 2.41. The highest BCUT2D eigenvalue weighted by Gasteiger charge is 2.25. The van der Waals surface area contributed by atoms with Gasteiger partial charge in [0.1, 0.15) is 5.82 Å². The summed E-state index contributed by atoms with van der Waals surface area (Å²) in [4.78, 5) is 0. The van der Waals surface area contributed by atoms with Crippen LogP contribution in [0, 0.1) is 5.82 Å². The van der Waals surface area contributed by atoms with E-state index < -0.39 is 0 Å². The third kappa shape index (κ3) is 2.53. The fraction of sp³-hybridized carbons (Fsp3) is 0.250. The second-order valence-corrected chi connectivity index (χ2v) is 4.84. The molecule has 0 unspecified atom stereocenters. The zero-order chi connectivity index (χ0) is 12.4. The molecular weight excluding hydrogens is 225 g/mol. The van der Waals surface area contributed by atoms with Crippen LogP contribution in [0.4, 0.5) is 10.1 Å². The van der Waals surface area contributed by atoms with Gasteiger partial charge in [-0.3, -0.25) is 0 Å². The van der Waals surface area contributed by atoms with E-state index in [4.69, 9.17) is 0 Å². The molecule has 2 aromatic carbocycles. The molecule has 0 aromatic heterocycles. The highest BCUT2D eigenvalue weighted by molar-refractivity contribution is 5.45. The second-order valence-electron chi connectivity index (χ2n) is 4.84. The lowest BCUT2D eigenvalue weighted by Crippen LogP contribution is -2.02. The normalized spacial score (nSPS) is 14.5. The molecule has 2 aromatic rings. The molecule has 1 aliphatic rings. The number of benzene rings is 2. The Hall–Kier alpha value is -1.83. The standard InChI is InChI=1S/C16H16FN/c17-14-5-3-6-15(10-14)18-11-13-4-1-2-7-16(13)12-8-9-12/h1-7,10,12,18H,8-9,11H2. The number of anilines is 1. The SMILES string of the molecule is Fc1cccc(NCc2ccccc2C2CC2)c1. The van der Waals surface area contributed by atoms with Gasteiger partial charge in [0.25, 0.3) is 0 Å². The number of nitrogens with one attached hydrogen (secondary N) is 1. The van der Waals surface area contributed by atoms with Gasteiger partial charge in [0, 0.05) is 12.2 Å². The summed E-state index contributed by atoms with van der Waals surface area (Å²) in [6.45, 7) is 0.760. The summed E-state index contributed by atoms with van der Waals surface area (Å²) >= 11 is 0. The lowest BCUT2D eigenvalue weighted by Gasteiger charge is -2.11. The van der Waals surface area contributed by atoms with Crippen molar-refractivity contribution in [2.24, 2.45) is 0 Å². The van der Waals surface area contributed by atoms with Crippen LogP contribution in [0.1, 0.15) is 29.9 Å². The van der Waals surface area contributed by atoms with Crippen molar-refractivity contribution in [3.63, 3.8) is 0 Å². The van der Waals surface area contributed by atoms with Gasteiger partial charge >= 0.3 is 0 Å². The van der Waals surface area contributed by atoms with Crippen molar-refractivity contribution in [1.82, 2.24) is 0 Å². The van der Waals surface area contributed by atoms with Crippen molar-refractivity contribution in [2.45, 2.75) is 25.3 Å². The van der Waals surface area contributed by atoms with E-state index in [9.17, 15) is 4.39 Å². The van der Waals surface area contributed by atoms with Gasteiger partial charge in [-0.25, -0.2) is 4.39 Å². The molecule has 92 valence electrons. The van der Waals surface area contributed by atoms with Gasteiger partial charge in [0.15, 0.2) is 0 Å². The molecule has 0 atom stereocenters. The number of hydrogen-bond acceptors (Lipinski definition) is 1. The van der Waals surface area contributed by atoms with Gasteiger partial charge in [-0.15, -0.1) is 0 Å². The third-order valence-corrected chi connectivity index (χ3v) is 3.38. The molecule has 0 spiro atoms. The molecular formula is C16H16FN. The Morgan fingerprint density at radius 1 is 1.06 bits per heavy atom. The fourth-order valence-electron chi connectivity index (χ4n) is 2.28. The Kier molecular flexibility index (Phi) is 3.01. The van der Waals surface area contributed by atoms with Gasteiger partial charge < -0.3 is 5.32 Å². The van der Waals surface area contributed by atoms with E-state index in [1.165, 1.54) is 36.1 Å². The van der Waals surface area contributed by atoms with Gasteiger partial charge in [-0.05, 0) is 48.1 Å². The molecule has 2 heteroatoms. The van der Waals surface area contributed by atoms with Crippen LogP contribution in [0.15, 0.2) is 48.5 Å². The Balaban J connectivity index is 1.73. The monoisotopic (exact) mass is 241 g/mol. The van der Waals surface area contributed by atoms with E-state index >= 15 is 0 Å². The molecule has 0 bridgehead atoms. The molecule has 0 radical (unpaired) electrons. The highest BCUT2D eigenvalue weighted by atomic mass is 19.1. The summed E-state index contributed by atoms with van der Waals surface area (Å²) < 4.78 is 13.1. The molecule has 1 N–H and O–H groups in total. The van der Waals surface area contributed by atoms with Gasteiger partial charge in [-0.1, -0.05) is 30.3 Å². The smallest absolute Gasteiger partial charge is 0.125 e. The van der Waals surface area contributed by atoms with Crippen LogP contribution in [0.2, 0.25) is 0 Å². The Morgan fingerprint density at radius 2 is 1.89 bits per heavy atom. The van der Waals surface area contributed by atoms with E-state index in [0.29, 0.717) is 0 Å². The molecule has 18 heavy (non-hydrogen) atoms. The largest absolute Gasteiger partial charge is 0.381 e. The molecule has 1 saturated carbocycles. The molecule has 0 heterocycles. The summed E-state index contributed by atoms with van der Waals surface area (Å²) in [5, 5.41) is 3.28. The van der Waals surface area contributed by atoms with Gasteiger partial charge in [-0.2, -0.15) is 0 Å². The average molecular weight is 241 g/mol. The van der Waals surface area contributed by atoms with E-state index in [0.717, 1.165) is 18.2 Å². The fourth-order valence-corrected chi connectivity index (χ4v) is 2.28. The zero-order valence-electron chi connectivity index (χ0n) is 10.2. The first kappa shape index (κ1) is 11.3. The summed E-state index contributed by atoms with van der Waals surface area (Å²) in [6, 6.07) is 15.1. The van der Waals surface area contributed by atoms with Crippen LogP contribution in [0.5, 0.6) is 0 Å². The topological polar surface area (TPSA) is 12.0 Å². The summed E-state index contributed by atoms with van der Waals surface area (Å²) in [7, 11) is 0. The molecule has 3 rings (SSSR count). The molecule has 0 aliphatic heterocycles. The van der Waals surface area contributed by atoms with Crippen molar-refractivity contribution in [1.29, 1.82) is 0 Å². The second kappa shape index (κ2) is 4.81. The minimum atomic E-state index is -0.199. The van der Waals surface area contributed by atoms with E-state index in [1.807, 2.05) is 6.07 Å². The maximum atomic E-state index is 13.1. The first-order valence-electron chi connectivity index (χ1n) is 6.40. The summed E-state index contributed by atoms with van der Waals surface area (Å²) in [5.41, 5.74) is 3.60. The van der Waals surface area contributed by atoms with E-state index in [2.05, 4.69) is 29.6 Å². The number of hydrogen-bond donors (Lipinski definition) is 1. The first-order valence-corrected chi connectivity index (χ1v) is 6.40. The van der Waals surface area contributed by atoms with Crippen LogP contribution >= 0.6 is 0 Å². The quantitative estimate of drug-likeness (QED) is 0.840. The zero-order valence-corrected chi connectivity index (χ0v) is 10.2. The first-order chi connectivity index (χ1) is 8.83. The van der Waals surface area contributed by atoms with Crippen LogP contribution in [0.3, 0.4) is 0 Å². The van der Waals surface area contributed by atoms with Crippen LogP contribution in [-0.2, 0) is 6.54 Å². The molecule has 0 saturated heterocycles. The van der Waals surface area contributed by atoms with E-state index in [1.54, 1.807) is 6.07 Å². The minimum Gasteiger partial charge on any atom is -0.381 e. The minimum absolute atomic E-state index is 0.199. The predicted octanol–water partition coefficient (Wildman–Crippen LogP) is 4.32. The number of halogens is 1. The van der Waals surface area contributed by atoms with Crippen molar-refractivity contribution < 1.29 is 4.39 Å². The third-order valence-electron chi connectivity index (χ3n) is 3.38. The van der Waals surface area contributed by atoms with Crippen molar-refractivity contribution >= 4 is 5.69 Å². The number of rotatable bonds is 4. The summed E-state index contributed by atoms with van der Waals surface area (Å²) in [5.74, 6) is 0.547. The van der Waals surface area contributed by atoms with Gasteiger partial charge in [0.2, 0.25) is 0 Å². The molecule has 1 aliphatic carbocycles. The maximum absolute atomic E-state index is 13.1. The lowest BCUT2D eigenvalue weighted by molar-refractivity contribution is 0.628. The molecule has 1 fully saturated rings. The van der Waals surface area contributed by atoms with Crippen molar-refractivity contribution in [3.8, 4) is 0 Å².